The van der Waals surface area contributed by atoms with Crippen LogP contribution in [0.15, 0.2) is 8.21 Å². The maximum atomic E-state index is 3.73. The van der Waals surface area contributed by atoms with Gasteiger partial charge in [-0.15, -0.1) is 0 Å². The molecular formula is C8H18Br2Si2. The number of halogens is 2. The molecule has 0 rings (SSSR count). The molecule has 0 spiro atoms. The van der Waals surface area contributed by atoms with Gasteiger partial charge in [0, 0.05) is 0 Å². The largest absolute Gasteiger partial charge is 0.0870 e. The van der Waals surface area contributed by atoms with E-state index in [4.69, 9.17) is 0 Å². The molecule has 0 aliphatic heterocycles. The molecule has 0 N–H and O–H groups in total. The normalized spacial score (nSPS) is 16.0. The van der Waals surface area contributed by atoms with E-state index in [1.54, 1.807) is 0 Å². The second kappa shape index (κ2) is 4.11. The van der Waals surface area contributed by atoms with E-state index < -0.39 is 16.1 Å². The Hall–Kier alpha value is 1.13. The lowest BCUT2D eigenvalue weighted by Crippen LogP contribution is -2.29. The molecule has 0 aromatic rings. The van der Waals surface area contributed by atoms with E-state index in [0.717, 1.165) is 0 Å². The number of rotatable bonds is 2. The molecule has 0 unspecified atom stereocenters. The van der Waals surface area contributed by atoms with Crippen molar-refractivity contribution >= 4 is 48.0 Å². The summed E-state index contributed by atoms with van der Waals surface area (Å²) in [6.07, 6.45) is 0. The highest BCUT2D eigenvalue weighted by molar-refractivity contribution is 9.15. The Labute approximate surface area is 95.1 Å². The number of hydrogen-bond acceptors (Lipinski definition) is 0. The molecule has 0 aliphatic rings. The third-order valence-electron chi connectivity index (χ3n) is 1.51. The highest BCUT2D eigenvalue weighted by atomic mass is 79.9. The van der Waals surface area contributed by atoms with E-state index in [0.29, 0.717) is 0 Å². The molecule has 0 aromatic heterocycles. The zero-order valence-electron chi connectivity index (χ0n) is 8.76. The van der Waals surface area contributed by atoms with Crippen LogP contribution in [0, 0.1) is 0 Å². The van der Waals surface area contributed by atoms with Crippen LogP contribution in [0.4, 0.5) is 0 Å². The maximum Gasteiger partial charge on any atom is 0.0870 e. The van der Waals surface area contributed by atoms with Gasteiger partial charge in [0.25, 0.3) is 0 Å². The Bertz CT molecular complexity index is 174. The molecule has 0 bridgehead atoms. The van der Waals surface area contributed by atoms with Crippen LogP contribution in [0.1, 0.15) is 0 Å². The number of hydrogen-bond donors (Lipinski definition) is 0. The molecule has 0 amide bonds. The molecule has 0 aliphatic carbocycles. The quantitative estimate of drug-likeness (QED) is 0.642. The fourth-order valence-electron chi connectivity index (χ4n) is 0.658. The minimum atomic E-state index is -1.15. The summed E-state index contributed by atoms with van der Waals surface area (Å²) in [5.41, 5.74) is 0. The smallest absolute Gasteiger partial charge is 0.0651 e. The third-order valence-corrected chi connectivity index (χ3v) is 14.1. The van der Waals surface area contributed by atoms with E-state index in [9.17, 15) is 0 Å². The van der Waals surface area contributed by atoms with Crippen molar-refractivity contribution in [2.24, 2.45) is 0 Å². The van der Waals surface area contributed by atoms with Crippen LogP contribution in [-0.2, 0) is 0 Å². The van der Waals surface area contributed by atoms with E-state index in [2.05, 4.69) is 71.1 Å². The van der Waals surface area contributed by atoms with Gasteiger partial charge in [-0.25, -0.2) is 0 Å². The molecule has 0 aromatic carbocycles. The van der Waals surface area contributed by atoms with Gasteiger partial charge in [-0.3, -0.25) is 0 Å². The molecule has 0 nitrogen and oxygen atoms in total. The SMILES string of the molecule is C[Si](C)(C)/C(Br)=C(\Br)[Si](C)(C)C. The second-order valence-electron chi connectivity index (χ2n) is 5.13. The van der Waals surface area contributed by atoms with Crippen molar-refractivity contribution in [2.45, 2.75) is 39.3 Å². The Morgan fingerprint density at radius 3 is 0.917 bits per heavy atom. The van der Waals surface area contributed by atoms with Crippen molar-refractivity contribution in [1.29, 1.82) is 0 Å². The van der Waals surface area contributed by atoms with Crippen molar-refractivity contribution in [3.05, 3.63) is 8.21 Å². The first-order chi connectivity index (χ1) is 5.07. The summed E-state index contributed by atoms with van der Waals surface area (Å²) in [4.78, 5) is 0. The molecule has 0 saturated heterocycles. The Kier molecular flexibility index (Phi) is 4.50. The van der Waals surface area contributed by atoms with Gasteiger partial charge in [0.15, 0.2) is 0 Å². The van der Waals surface area contributed by atoms with Gasteiger partial charge >= 0.3 is 0 Å². The van der Waals surface area contributed by atoms with Gasteiger partial charge in [0.1, 0.15) is 0 Å². The predicted octanol–water partition coefficient (Wildman–Crippen LogP) is 4.74. The van der Waals surface area contributed by atoms with E-state index in [1.165, 1.54) is 8.21 Å². The predicted molar refractivity (Wildman–Crippen MR) is 71.6 cm³/mol. The first-order valence-corrected chi connectivity index (χ1v) is 12.7. The highest BCUT2D eigenvalue weighted by Crippen LogP contribution is 2.33. The summed E-state index contributed by atoms with van der Waals surface area (Å²) in [6, 6.07) is 0. The lowest BCUT2D eigenvalue weighted by molar-refractivity contribution is 1.70. The fourth-order valence-corrected chi connectivity index (χ4v) is 7.79. The Morgan fingerprint density at radius 2 is 0.833 bits per heavy atom. The summed E-state index contributed by atoms with van der Waals surface area (Å²) in [5, 5.41) is 0. The average Bonchev–Trinajstić information content (AvgIpc) is 1.80. The van der Waals surface area contributed by atoms with Crippen LogP contribution in [0.2, 0.25) is 39.3 Å². The van der Waals surface area contributed by atoms with Gasteiger partial charge < -0.3 is 0 Å². The van der Waals surface area contributed by atoms with Gasteiger partial charge in [0.2, 0.25) is 0 Å². The topological polar surface area (TPSA) is 0 Å². The lowest BCUT2D eigenvalue weighted by atomic mass is 11.2. The van der Waals surface area contributed by atoms with Gasteiger partial charge in [0.05, 0.1) is 16.1 Å². The fraction of sp³-hybridized carbons (Fsp3) is 0.750. The van der Waals surface area contributed by atoms with Crippen molar-refractivity contribution < 1.29 is 0 Å². The molecule has 4 heteroatoms. The summed E-state index contributed by atoms with van der Waals surface area (Å²) in [5.74, 6) is 0. The monoisotopic (exact) mass is 328 g/mol. The van der Waals surface area contributed by atoms with Crippen LogP contribution >= 0.6 is 31.9 Å². The van der Waals surface area contributed by atoms with Gasteiger partial charge in [-0.1, -0.05) is 71.1 Å². The van der Waals surface area contributed by atoms with Gasteiger partial charge in [-0.05, 0) is 8.21 Å². The molecular weight excluding hydrogens is 312 g/mol. The second-order valence-corrected chi connectivity index (χ2v) is 18.2. The van der Waals surface area contributed by atoms with Crippen molar-refractivity contribution in [3.63, 3.8) is 0 Å². The third kappa shape index (κ3) is 3.89. The maximum absolute atomic E-state index is 3.73. The van der Waals surface area contributed by atoms with Gasteiger partial charge in [-0.2, -0.15) is 0 Å². The van der Waals surface area contributed by atoms with Crippen molar-refractivity contribution in [3.8, 4) is 0 Å². The summed E-state index contributed by atoms with van der Waals surface area (Å²) >= 11 is 7.46. The van der Waals surface area contributed by atoms with E-state index in [1.807, 2.05) is 0 Å². The lowest BCUT2D eigenvalue weighted by Gasteiger charge is -2.24. The van der Waals surface area contributed by atoms with Crippen LogP contribution < -0.4 is 0 Å². The first-order valence-electron chi connectivity index (χ1n) is 4.13. The molecule has 0 fully saturated rings. The summed E-state index contributed by atoms with van der Waals surface area (Å²) in [6.45, 7) is 14.2. The molecule has 0 saturated carbocycles. The summed E-state index contributed by atoms with van der Waals surface area (Å²) in [7, 11) is -2.30. The standard InChI is InChI=1S/C8H18Br2Si2/c1-11(2,3)7(9)8(10)12(4,5)6/h1-6H3/b8-7+. The molecule has 0 radical (unpaired) electrons. The molecule has 72 valence electrons. The molecule has 0 atom stereocenters. The van der Waals surface area contributed by atoms with Crippen LogP contribution in [-0.4, -0.2) is 16.1 Å². The highest BCUT2D eigenvalue weighted by Gasteiger charge is 2.27. The van der Waals surface area contributed by atoms with E-state index >= 15 is 0 Å². The van der Waals surface area contributed by atoms with Crippen molar-refractivity contribution in [1.82, 2.24) is 0 Å². The molecule has 0 heterocycles. The first kappa shape index (κ1) is 13.1. The summed E-state index contributed by atoms with van der Waals surface area (Å²) < 4.78 is 2.91. The minimum absolute atomic E-state index is 1.15. The Balaban J connectivity index is 4.96. The zero-order valence-corrected chi connectivity index (χ0v) is 13.9. The Morgan fingerprint density at radius 1 is 0.667 bits per heavy atom. The van der Waals surface area contributed by atoms with E-state index in [-0.39, 0.29) is 0 Å². The molecule has 12 heavy (non-hydrogen) atoms. The van der Waals surface area contributed by atoms with Crippen molar-refractivity contribution in [2.75, 3.05) is 0 Å². The zero-order chi connectivity index (χ0) is 10.2. The average molecular weight is 330 g/mol. The van der Waals surface area contributed by atoms with Crippen LogP contribution in [0.5, 0.6) is 0 Å². The van der Waals surface area contributed by atoms with Crippen LogP contribution in [0.25, 0.3) is 0 Å². The minimum Gasteiger partial charge on any atom is -0.0651 e. The van der Waals surface area contributed by atoms with Crippen LogP contribution in [0.3, 0.4) is 0 Å².